The molecule has 3 aliphatic rings. The zero-order chi connectivity index (χ0) is 52.5. The molecule has 3 saturated carbocycles. The van der Waals surface area contributed by atoms with E-state index in [1.807, 2.05) is 0 Å². The van der Waals surface area contributed by atoms with Crippen LogP contribution in [0.15, 0.2) is 0 Å². The van der Waals surface area contributed by atoms with Crippen LogP contribution in [0.4, 0.5) is 145 Å². The van der Waals surface area contributed by atoms with Crippen LogP contribution >= 0.6 is 0 Å². The van der Waals surface area contributed by atoms with Crippen LogP contribution in [0, 0.1) is 0 Å². The molecule has 9 nitrogen and oxygen atoms in total. The zero-order valence-corrected chi connectivity index (χ0v) is 33.1. The fourth-order valence-corrected chi connectivity index (χ4v) is 7.26. The molecule has 0 amide bonds. The predicted molar refractivity (Wildman–Crippen MR) is 121 cm³/mol. The van der Waals surface area contributed by atoms with E-state index in [2.05, 4.69) is 0 Å². The van der Waals surface area contributed by atoms with Crippen molar-refractivity contribution in [2.45, 2.75) is 104 Å². The molecule has 0 bridgehead atoms. The van der Waals surface area contributed by atoms with Gasteiger partial charge in [-0.2, -0.15) is 157 Å². The second kappa shape index (κ2) is 14.8. The largest absolute Gasteiger partial charge is 1.00 e. The van der Waals surface area contributed by atoms with E-state index in [0.29, 0.717) is 0 Å². The molecular formula is C18H4F33KO9S3. The average molecular weight is 1130 g/mol. The van der Waals surface area contributed by atoms with Gasteiger partial charge in [0, 0.05) is 0 Å². The van der Waals surface area contributed by atoms with Gasteiger partial charge in [0.15, 0.2) is 0 Å². The molecule has 0 aromatic rings. The van der Waals surface area contributed by atoms with E-state index in [9.17, 15) is 170 Å². The number of hydrogen-bond donors (Lipinski definition) is 3. The molecule has 0 aliphatic heterocycles. The van der Waals surface area contributed by atoms with Crippen LogP contribution in [0.5, 0.6) is 0 Å². The Kier molecular flexibility index (Phi) is 14.6. The van der Waals surface area contributed by atoms with Crippen molar-refractivity contribution < 1.29 is 237 Å². The maximum atomic E-state index is 13.3. The summed E-state index contributed by atoms with van der Waals surface area (Å²) >= 11 is 0. The smallest absolute Gasteiger partial charge is 1.00 e. The normalized spacial score (nSPS) is 31.1. The minimum absolute atomic E-state index is 0. The van der Waals surface area contributed by atoms with Crippen LogP contribution in [0.1, 0.15) is 1.43 Å². The molecule has 0 spiro atoms. The number of rotatable bonds is 3. The molecule has 0 atom stereocenters. The van der Waals surface area contributed by atoms with Crippen LogP contribution in [-0.4, -0.2) is 143 Å². The summed E-state index contributed by atoms with van der Waals surface area (Å²) in [5.41, 5.74) is 0. The Labute approximate surface area is 369 Å². The van der Waals surface area contributed by atoms with Crippen LogP contribution in [0.3, 0.4) is 0 Å². The summed E-state index contributed by atoms with van der Waals surface area (Å²) in [4.78, 5) is 0. The van der Waals surface area contributed by atoms with Gasteiger partial charge in [0.05, 0.1) is 0 Å². The van der Waals surface area contributed by atoms with Gasteiger partial charge in [0.2, 0.25) is 0 Å². The summed E-state index contributed by atoms with van der Waals surface area (Å²) < 4.78 is 508. The van der Waals surface area contributed by atoms with E-state index in [1.165, 1.54) is 0 Å². The second-order valence-electron chi connectivity index (χ2n) is 11.8. The first-order valence-electron chi connectivity index (χ1n) is 12.9. The van der Waals surface area contributed by atoms with Gasteiger partial charge in [-0.25, -0.2) is 13.2 Å². The molecule has 3 N–H and O–H groups in total. The van der Waals surface area contributed by atoms with Crippen molar-refractivity contribution >= 4 is 30.4 Å². The summed E-state index contributed by atoms with van der Waals surface area (Å²) in [5.74, 6) is -113. The number of hydrogen-bond acceptors (Lipinski definition) is 6. The Morgan fingerprint density at radius 3 is 0.328 bits per heavy atom. The van der Waals surface area contributed by atoms with Gasteiger partial charge in [-0.05, 0) is 0 Å². The Morgan fingerprint density at radius 1 is 0.203 bits per heavy atom. The molecule has 46 heteroatoms. The monoisotopic (exact) mass is 1130 g/mol. The van der Waals surface area contributed by atoms with Gasteiger partial charge in [-0.1, -0.05) is 0 Å². The number of alkyl halides is 33. The SMILES string of the molecule is O=S(=O)(O)C1(F)C(F)(F)C(F)(F)C(F)(F)C(F)(F)C1(F)F.O=S(=O)(O)C1(F)C(F)(F)C(F)(F)C(F)(F)C(F)(F)C1(F)F.O=S(=O)(O)C1(F)C(F)(F)C(F)(F)C(F)(F)C(F)(F)C1(F)F.[H-].[K+]. The second-order valence-corrected chi connectivity index (χ2v) is 16.4. The summed E-state index contributed by atoms with van der Waals surface area (Å²) in [5, 5.41) is -22.2. The molecule has 3 aliphatic carbocycles. The van der Waals surface area contributed by atoms with Crippen LogP contribution in [0.2, 0.25) is 0 Å². The predicted octanol–water partition coefficient (Wildman–Crippen LogP) is 5.31. The zero-order valence-electron chi connectivity index (χ0n) is 28.5. The van der Waals surface area contributed by atoms with Gasteiger partial charge in [0.1, 0.15) is 0 Å². The Hall–Kier alpha value is -0.944. The summed E-state index contributed by atoms with van der Waals surface area (Å²) in [7, 11) is -23.1. The van der Waals surface area contributed by atoms with Crippen LogP contribution < -0.4 is 51.4 Å². The Bertz CT molecular complexity index is 1860. The third kappa shape index (κ3) is 6.23. The van der Waals surface area contributed by atoms with Crippen molar-refractivity contribution in [1.29, 1.82) is 0 Å². The van der Waals surface area contributed by atoms with Gasteiger partial charge < -0.3 is 1.43 Å². The van der Waals surface area contributed by atoms with E-state index < -0.39 is 134 Å². The van der Waals surface area contributed by atoms with E-state index in [4.69, 9.17) is 13.7 Å². The number of halogens is 33. The summed E-state index contributed by atoms with van der Waals surface area (Å²) in [6.07, 6.45) is 0. The van der Waals surface area contributed by atoms with Crippen molar-refractivity contribution in [2.75, 3.05) is 0 Å². The standard InChI is InChI=1S/3C6HF11O3S.K.H/c3*7-1(8)2(9,10)4(13,14)6(17,21(18,19)20)5(15,16)3(1,11)12;;/h3*(H,18,19,20);;/q;;;+1;-1. The molecule has 0 aromatic heterocycles. The topological polar surface area (TPSA) is 163 Å². The van der Waals surface area contributed by atoms with Crippen molar-refractivity contribution in [3.05, 3.63) is 0 Å². The van der Waals surface area contributed by atoms with E-state index in [0.717, 1.165) is 0 Å². The van der Waals surface area contributed by atoms with Crippen molar-refractivity contribution in [3.8, 4) is 0 Å². The van der Waals surface area contributed by atoms with Gasteiger partial charge >= 0.3 is 186 Å². The first-order valence-corrected chi connectivity index (χ1v) is 17.2. The fraction of sp³-hybridized carbons (Fsp3) is 1.00. The first-order chi connectivity index (χ1) is 26.2. The van der Waals surface area contributed by atoms with Crippen molar-refractivity contribution in [2.24, 2.45) is 0 Å². The summed E-state index contributed by atoms with van der Waals surface area (Å²) in [6, 6.07) is 0. The van der Waals surface area contributed by atoms with E-state index in [-0.39, 0.29) is 52.8 Å². The fourth-order valence-electron chi connectivity index (χ4n) is 4.55. The average Bonchev–Trinajstić information content (AvgIpc) is 3.03. The minimum Gasteiger partial charge on any atom is -1.00 e. The van der Waals surface area contributed by atoms with E-state index in [1.54, 1.807) is 0 Å². The maximum Gasteiger partial charge on any atom is 1.00 e. The molecule has 0 unspecified atom stereocenters. The van der Waals surface area contributed by atoms with Crippen molar-refractivity contribution in [1.82, 2.24) is 0 Å². The minimum atomic E-state index is -7.69. The van der Waals surface area contributed by atoms with Crippen LogP contribution in [-0.2, 0) is 30.4 Å². The molecule has 0 saturated heterocycles. The quantitative estimate of drug-likeness (QED) is 0.193. The molecule has 0 radical (unpaired) electrons. The van der Waals surface area contributed by atoms with E-state index >= 15 is 0 Å². The van der Waals surface area contributed by atoms with Gasteiger partial charge in [0.25, 0.3) is 0 Å². The third-order valence-corrected chi connectivity index (χ3v) is 11.9. The van der Waals surface area contributed by atoms with Gasteiger partial charge in [-0.3, -0.25) is 13.7 Å². The Morgan fingerprint density at radius 2 is 0.266 bits per heavy atom. The van der Waals surface area contributed by atoms with Crippen LogP contribution in [0.25, 0.3) is 0 Å². The summed E-state index contributed by atoms with van der Waals surface area (Å²) in [6.45, 7) is 0. The van der Waals surface area contributed by atoms with Gasteiger partial charge in [-0.15, -0.1) is 0 Å². The third-order valence-electron chi connectivity index (χ3n) is 8.22. The molecule has 380 valence electrons. The van der Waals surface area contributed by atoms with Crippen molar-refractivity contribution in [3.63, 3.8) is 0 Å². The Balaban J connectivity index is 0. The molecule has 0 aromatic carbocycles. The molecule has 0 heterocycles. The molecular weight excluding hydrogens is 1120 g/mol. The molecule has 64 heavy (non-hydrogen) atoms. The molecule has 3 fully saturated rings. The maximum absolute atomic E-state index is 13.3. The first kappa shape index (κ1) is 63.1. The molecule has 3 rings (SSSR count).